The predicted molar refractivity (Wildman–Crippen MR) is 101 cm³/mol. The van der Waals surface area contributed by atoms with Crippen molar-refractivity contribution in [1.82, 2.24) is 10.5 Å². The Balaban J connectivity index is 1.81. The highest BCUT2D eigenvalue weighted by Gasteiger charge is 2.22. The van der Waals surface area contributed by atoms with Crippen LogP contribution in [-0.4, -0.2) is 22.1 Å². The van der Waals surface area contributed by atoms with Crippen molar-refractivity contribution in [1.29, 1.82) is 0 Å². The van der Waals surface area contributed by atoms with E-state index in [0.29, 0.717) is 10.8 Å². The zero-order valence-electron chi connectivity index (χ0n) is 14.5. The summed E-state index contributed by atoms with van der Waals surface area (Å²) in [6.45, 7) is 1.87. The van der Waals surface area contributed by atoms with Crippen molar-refractivity contribution in [3.8, 4) is 11.3 Å². The second-order valence-corrected chi connectivity index (χ2v) is 6.50. The second kappa shape index (κ2) is 8.05. The Kier molecular flexibility index (Phi) is 5.57. The Hall–Kier alpha value is -3.12. The lowest BCUT2D eigenvalue weighted by atomic mass is 9.98. The predicted octanol–water partition coefficient (Wildman–Crippen LogP) is 4.25. The minimum absolute atomic E-state index is 0.0731. The smallest absolute Gasteiger partial charge is 0.305 e. The highest BCUT2D eigenvalue weighted by Crippen LogP contribution is 2.24. The zero-order valence-corrected chi connectivity index (χ0v) is 15.2. The number of halogens is 1. The third kappa shape index (κ3) is 4.54. The minimum Gasteiger partial charge on any atom is -0.481 e. The molecule has 0 saturated heterocycles. The van der Waals surface area contributed by atoms with Gasteiger partial charge in [0, 0.05) is 16.7 Å². The van der Waals surface area contributed by atoms with Crippen LogP contribution in [-0.2, 0) is 4.79 Å². The first kappa shape index (κ1) is 18.7. The van der Waals surface area contributed by atoms with Gasteiger partial charge in [0.1, 0.15) is 0 Å². The first-order chi connectivity index (χ1) is 12.9. The van der Waals surface area contributed by atoms with Crippen LogP contribution in [0.15, 0.2) is 59.1 Å². The number of nitrogens with zero attached hydrogens (tertiary/aromatic N) is 1. The van der Waals surface area contributed by atoms with Gasteiger partial charge in [-0.2, -0.15) is 0 Å². The minimum atomic E-state index is -1.01. The Morgan fingerprint density at radius 2 is 1.89 bits per heavy atom. The van der Waals surface area contributed by atoms with Crippen LogP contribution in [0.1, 0.15) is 34.1 Å². The number of carboxylic acid groups (broad SMARTS) is 1. The molecule has 0 spiro atoms. The Bertz CT molecular complexity index is 966. The van der Waals surface area contributed by atoms with Crippen molar-refractivity contribution in [2.45, 2.75) is 19.4 Å². The van der Waals surface area contributed by atoms with Crippen LogP contribution in [0.3, 0.4) is 0 Å². The summed E-state index contributed by atoms with van der Waals surface area (Å²) in [5, 5.41) is 16.3. The average molecular weight is 385 g/mol. The second-order valence-electron chi connectivity index (χ2n) is 6.06. The van der Waals surface area contributed by atoms with Crippen LogP contribution in [0, 0.1) is 6.92 Å². The fourth-order valence-electron chi connectivity index (χ4n) is 2.76. The molecule has 0 fully saturated rings. The van der Waals surface area contributed by atoms with Crippen molar-refractivity contribution in [3.63, 3.8) is 0 Å². The topological polar surface area (TPSA) is 92.4 Å². The summed E-state index contributed by atoms with van der Waals surface area (Å²) in [4.78, 5) is 23.8. The quantitative estimate of drug-likeness (QED) is 0.662. The van der Waals surface area contributed by atoms with Crippen molar-refractivity contribution in [2.24, 2.45) is 0 Å². The van der Waals surface area contributed by atoms with Gasteiger partial charge < -0.3 is 14.9 Å². The van der Waals surface area contributed by atoms with Gasteiger partial charge in [-0.15, -0.1) is 0 Å². The summed E-state index contributed by atoms with van der Waals surface area (Å²) in [5.41, 5.74) is 2.44. The number of carbonyl (C=O) groups excluding carboxylic acids is 1. The zero-order chi connectivity index (χ0) is 19.4. The van der Waals surface area contributed by atoms with E-state index in [-0.39, 0.29) is 12.1 Å². The lowest BCUT2D eigenvalue weighted by Crippen LogP contribution is -2.30. The lowest BCUT2D eigenvalue weighted by molar-refractivity contribution is -0.137. The molecular weight excluding hydrogens is 368 g/mol. The SMILES string of the molecule is Cc1ccccc1C(CC(=O)O)NC(=O)c1cc(-c2ccc(Cl)cc2)on1. The van der Waals surface area contributed by atoms with Crippen LogP contribution >= 0.6 is 11.6 Å². The third-order valence-corrected chi connectivity index (χ3v) is 4.37. The molecule has 27 heavy (non-hydrogen) atoms. The number of aliphatic carboxylic acids is 1. The normalized spacial score (nSPS) is 11.8. The number of aryl methyl sites for hydroxylation is 1. The van der Waals surface area contributed by atoms with Crippen molar-refractivity contribution < 1.29 is 19.2 Å². The molecule has 1 unspecified atom stereocenters. The molecule has 2 aromatic carbocycles. The maximum Gasteiger partial charge on any atom is 0.305 e. The molecule has 0 bridgehead atoms. The number of carbonyl (C=O) groups is 2. The first-order valence-corrected chi connectivity index (χ1v) is 8.62. The summed E-state index contributed by atoms with van der Waals surface area (Å²) in [6.07, 6.45) is -0.238. The Morgan fingerprint density at radius 3 is 2.56 bits per heavy atom. The van der Waals surface area contributed by atoms with Gasteiger partial charge in [-0.05, 0) is 42.3 Å². The number of rotatable bonds is 6. The molecule has 2 N–H and O–H groups in total. The summed E-state index contributed by atoms with van der Waals surface area (Å²) in [5.74, 6) is -1.10. The molecular formula is C20H17ClN2O4. The van der Waals surface area contributed by atoms with Crippen molar-refractivity contribution in [3.05, 3.63) is 76.4 Å². The van der Waals surface area contributed by atoms with E-state index in [1.807, 2.05) is 19.1 Å². The standard InChI is InChI=1S/C20H17ClN2O4/c1-12-4-2-3-5-15(12)16(11-19(24)25)22-20(26)17-10-18(27-23-17)13-6-8-14(21)9-7-13/h2-10,16H,11H2,1H3,(H,22,26)(H,24,25). The van der Waals surface area contributed by atoms with Gasteiger partial charge in [0.05, 0.1) is 12.5 Å². The van der Waals surface area contributed by atoms with E-state index in [9.17, 15) is 14.7 Å². The van der Waals surface area contributed by atoms with Gasteiger partial charge >= 0.3 is 5.97 Å². The summed E-state index contributed by atoms with van der Waals surface area (Å²) in [6, 6.07) is 15.1. The molecule has 138 valence electrons. The van der Waals surface area contributed by atoms with Crippen LogP contribution in [0.25, 0.3) is 11.3 Å². The molecule has 3 aromatic rings. The third-order valence-electron chi connectivity index (χ3n) is 4.12. The molecule has 0 saturated carbocycles. The van der Waals surface area contributed by atoms with E-state index in [2.05, 4.69) is 10.5 Å². The molecule has 0 aliphatic heterocycles. The van der Waals surface area contributed by atoms with Crippen LogP contribution in [0.4, 0.5) is 0 Å². The van der Waals surface area contributed by atoms with Gasteiger partial charge in [-0.25, -0.2) is 0 Å². The van der Waals surface area contributed by atoms with Gasteiger partial charge in [0.2, 0.25) is 0 Å². The number of nitrogens with one attached hydrogen (secondary N) is 1. The van der Waals surface area contributed by atoms with E-state index in [1.54, 1.807) is 36.4 Å². The molecule has 6 nitrogen and oxygen atoms in total. The molecule has 1 atom stereocenters. The Labute approximate surface area is 160 Å². The van der Waals surface area contributed by atoms with Crippen molar-refractivity contribution >= 4 is 23.5 Å². The average Bonchev–Trinajstić information content (AvgIpc) is 3.12. The molecule has 3 rings (SSSR count). The first-order valence-electron chi connectivity index (χ1n) is 8.25. The highest BCUT2D eigenvalue weighted by atomic mass is 35.5. The maximum absolute atomic E-state index is 12.6. The molecule has 0 aliphatic rings. The van der Waals surface area contributed by atoms with E-state index in [0.717, 1.165) is 16.7 Å². The molecule has 1 aromatic heterocycles. The van der Waals surface area contributed by atoms with E-state index in [4.69, 9.17) is 16.1 Å². The van der Waals surface area contributed by atoms with Crippen LogP contribution in [0.5, 0.6) is 0 Å². The Morgan fingerprint density at radius 1 is 1.19 bits per heavy atom. The highest BCUT2D eigenvalue weighted by molar-refractivity contribution is 6.30. The van der Waals surface area contributed by atoms with Crippen molar-refractivity contribution in [2.75, 3.05) is 0 Å². The van der Waals surface area contributed by atoms with Gasteiger partial charge in [-0.3, -0.25) is 9.59 Å². The van der Waals surface area contributed by atoms with E-state index < -0.39 is 17.9 Å². The van der Waals surface area contributed by atoms with Crippen LogP contribution < -0.4 is 5.32 Å². The van der Waals surface area contributed by atoms with E-state index >= 15 is 0 Å². The lowest BCUT2D eigenvalue weighted by Gasteiger charge is -2.18. The number of aromatic nitrogens is 1. The monoisotopic (exact) mass is 384 g/mol. The van der Waals surface area contributed by atoms with Gasteiger partial charge in [-0.1, -0.05) is 41.0 Å². The van der Waals surface area contributed by atoms with Gasteiger partial charge in [0.15, 0.2) is 11.5 Å². The van der Waals surface area contributed by atoms with Gasteiger partial charge in [0.25, 0.3) is 5.91 Å². The summed E-state index contributed by atoms with van der Waals surface area (Å²) in [7, 11) is 0. The number of carboxylic acids is 1. The molecule has 0 aliphatic carbocycles. The summed E-state index contributed by atoms with van der Waals surface area (Å²) >= 11 is 5.87. The fraction of sp³-hybridized carbons (Fsp3) is 0.150. The van der Waals surface area contributed by atoms with E-state index in [1.165, 1.54) is 6.07 Å². The number of benzene rings is 2. The number of hydrogen-bond acceptors (Lipinski definition) is 4. The van der Waals surface area contributed by atoms with Crippen LogP contribution in [0.2, 0.25) is 5.02 Å². The summed E-state index contributed by atoms with van der Waals surface area (Å²) < 4.78 is 5.23. The molecule has 1 amide bonds. The largest absolute Gasteiger partial charge is 0.481 e. The molecule has 1 heterocycles. The molecule has 7 heteroatoms. The number of amides is 1. The molecule has 0 radical (unpaired) electrons. The number of hydrogen-bond donors (Lipinski definition) is 2. The maximum atomic E-state index is 12.6. The fourth-order valence-corrected chi connectivity index (χ4v) is 2.88.